The number of rotatable bonds is 11. The Labute approximate surface area is 215 Å². The van der Waals surface area contributed by atoms with Crippen LogP contribution in [0, 0.1) is 41.5 Å². The number of hydrogen-bond donors (Lipinski definition) is 6. The van der Waals surface area contributed by atoms with E-state index in [0.717, 1.165) is 38.9 Å². The Kier molecular flexibility index (Phi) is 10.0. The van der Waals surface area contributed by atoms with E-state index in [9.17, 15) is 30.6 Å². The Morgan fingerprint density at radius 2 is 1.17 bits per heavy atom. The summed E-state index contributed by atoms with van der Waals surface area (Å²) in [6, 6.07) is 7.60. The van der Waals surface area contributed by atoms with Crippen LogP contribution in [0.4, 0.5) is 0 Å². The summed E-state index contributed by atoms with van der Waals surface area (Å²) in [5, 5.41) is 66.2. The van der Waals surface area contributed by atoms with Gasteiger partial charge in [-0.15, -0.1) is 0 Å². The maximum atomic E-state index is 11.9. The molecule has 0 spiro atoms. The minimum atomic E-state index is -2.36. The Balaban J connectivity index is 2.62. The van der Waals surface area contributed by atoms with Gasteiger partial charge in [0.25, 0.3) is 0 Å². The number of allylic oxidation sites excluding steroid dienone is 1. The minimum Gasteiger partial charge on any atom is -0.394 e. The molecule has 2 aromatic rings. The van der Waals surface area contributed by atoms with E-state index < -0.39 is 36.1 Å². The van der Waals surface area contributed by atoms with E-state index >= 15 is 0 Å². The summed E-state index contributed by atoms with van der Waals surface area (Å²) in [7, 11) is 0. The molecule has 0 heterocycles. The molecule has 0 fully saturated rings. The second-order valence-electron chi connectivity index (χ2n) is 10.5. The molecule has 0 aliphatic carbocycles. The fraction of sp³-hybridized carbons (Fsp3) is 0.533. The average Bonchev–Trinajstić information content (AvgIpc) is 2.82. The van der Waals surface area contributed by atoms with E-state index in [2.05, 4.69) is 0 Å². The van der Waals surface area contributed by atoms with Crippen LogP contribution in [0.25, 0.3) is 0 Å². The van der Waals surface area contributed by atoms with Gasteiger partial charge in [0.1, 0.15) is 29.5 Å². The molecule has 0 amide bonds. The van der Waals surface area contributed by atoms with Gasteiger partial charge in [-0.25, -0.2) is 0 Å². The molecule has 36 heavy (non-hydrogen) atoms. The highest BCUT2D eigenvalue weighted by Gasteiger charge is 2.54. The molecule has 0 saturated carbocycles. The molecule has 0 saturated heterocycles. The van der Waals surface area contributed by atoms with Crippen LogP contribution in [0.5, 0.6) is 0 Å². The van der Waals surface area contributed by atoms with Gasteiger partial charge in [-0.3, -0.25) is 0 Å². The zero-order valence-corrected chi connectivity index (χ0v) is 22.7. The molecular weight excluding hydrogens is 456 g/mol. The van der Waals surface area contributed by atoms with Gasteiger partial charge >= 0.3 is 0 Å². The van der Waals surface area contributed by atoms with E-state index in [-0.39, 0.29) is 19.3 Å². The minimum absolute atomic E-state index is 0.00679. The first-order valence-corrected chi connectivity index (χ1v) is 12.5. The largest absolute Gasteiger partial charge is 0.394 e. The lowest BCUT2D eigenvalue weighted by Gasteiger charge is -2.46. The van der Waals surface area contributed by atoms with Gasteiger partial charge < -0.3 is 30.6 Å². The van der Waals surface area contributed by atoms with Crippen LogP contribution in [0.15, 0.2) is 36.4 Å². The van der Waals surface area contributed by atoms with Crippen molar-refractivity contribution >= 4 is 0 Å². The van der Waals surface area contributed by atoms with Crippen molar-refractivity contribution in [3.63, 3.8) is 0 Å². The maximum Gasteiger partial charge on any atom is 0.126 e. The van der Waals surface area contributed by atoms with Crippen LogP contribution in [0.3, 0.4) is 0 Å². The van der Waals surface area contributed by atoms with Gasteiger partial charge in [0.15, 0.2) is 0 Å². The zero-order valence-electron chi connectivity index (χ0n) is 22.7. The van der Waals surface area contributed by atoms with Gasteiger partial charge in [0.05, 0.1) is 6.61 Å². The fourth-order valence-corrected chi connectivity index (χ4v) is 5.00. The molecule has 0 aliphatic heterocycles. The molecule has 1 unspecified atom stereocenters. The molecule has 5 atom stereocenters. The molecule has 0 radical (unpaired) electrons. The number of aliphatic hydroxyl groups excluding tert-OH is 4. The van der Waals surface area contributed by atoms with E-state index in [1.165, 1.54) is 0 Å². The molecule has 2 rings (SSSR count). The third-order valence-corrected chi connectivity index (χ3v) is 7.72. The molecule has 6 N–H and O–H groups in total. The number of hydrogen-bond acceptors (Lipinski definition) is 6. The quantitative estimate of drug-likeness (QED) is 0.264. The number of benzene rings is 2. The first-order valence-electron chi connectivity index (χ1n) is 12.5. The number of aliphatic hydroxyl groups is 6. The first kappa shape index (κ1) is 30.2. The van der Waals surface area contributed by atoms with Crippen LogP contribution in [-0.2, 0) is 12.8 Å². The monoisotopic (exact) mass is 500 g/mol. The Bertz CT molecular complexity index is 1030. The maximum absolute atomic E-state index is 11.9. The van der Waals surface area contributed by atoms with Gasteiger partial charge in [-0.1, -0.05) is 36.4 Å². The number of aryl methyl sites for hydroxylation is 4. The van der Waals surface area contributed by atoms with Crippen LogP contribution < -0.4 is 0 Å². The summed E-state index contributed by atoms with van der Waals surface area (Å²) in [5.74, 6) is 0. The van der Waals surface area contributed by atoms with Crippen molar-refractivity contribution in [3.05, 3.63) is 80.9 Å². The third-order valence-electron chi connectivity index (χ3n) is 7.72. The predicted molar refractivity (Wildman–Crippen MR) is 143 cm³/mol. The van der Waals surface area contributed by atoms with Crippen molar-refractivity contribution in [3.8, 4) is 0 Å². The van der Waals surface area contributed by atoms with Gasteiger partial charge in [-0.2, -0.15) is 0 Å². The normalized spacial score (nSPS) is 18.0. The van der Waals surface area contributed by atoms with Crippen molar-refractivity contribution < 1.29 is 30.6 Å². The van der Waals surface area contributed by atoms with Crippen molar-refractivity contribution in [1.82, 2.24) is 0 Å². The molecular formula is C30H44O6. The van der Waals surface area contributed by atoms with Crippen LogP contribution in [-0.4, -0.2) is 66.8 Å². The molecule has 2 aromatic carbocycles. The topological polar surface area (TPSA) is 121 Å². The second-order valence-corrected chi connectivity index (χ2v) is 10.5. The van der Waals surface area contributed by atoms with E-state index in [1.54, 1.807) is 19.1 Å². The van der Waals surface area contributed by atoms with E-state index in [0.29, 0.717) is 5.56 Å². The average molecular weight is 501 g/mol. The standard InChI is InChI=1S/C30H44O6/c1-8-9-10-29(35,15-24-11-18(2)22(6)19(3)12-24)28(34)30(36,27(33)26(32)17-31)16-25-13-20(4)23(7)21(5)14-25/h8-9,11-14,26-28,31-36H,10,15-17H2,1-7H3/b9-8+/t26-,27+,28+,29?,30+/m0/s1. The summed E-state index contributed by atoms with van der Waals surface area (Å²) in [6.45, 7) is 12.8. The highest BCUT2D eigenvalue weighted by molar-refractivity contribution is 5.39. The van der Waals surface area contributed by atoms with Crippen LogP contribution in [0.2, 0.25) is 0 Å². The van der Waals surface area contributed by atoms with Crippen molar-refractivity contribution in [2.24, 2.45) is 0 Å². The van der Waals surface area contributed by atoms with Crippen molar-refractivity contribution in [2.75, 3.05) is 6.61 Å². The molecule has 0 aromatic heterocycles. The lowest BCUT2D eigenvalue weighted by atomic mass is 9.71. The summed E-state index contributed by atoms with van der Waals surface area (Å²) in [4.78, 5) is 0. The van der Waals surface area contributed by atoms with Gasteiger partial charge in [-0.05, 0) is 99.4 Å². The van der Waals surface area contributed by atoms with E-state index in [4.69, 9.17) is 0 Å². The first-order chi connectivity index (χ1) is 16.7. The summed E-state index contributed by atoms with van der Waals surface area (Å²) in [6.07, 6.45) is -2.27. The predicted octanol–water partition coefficient (Wildman–Crippen LogP) is 2.83. The lowest BCUT2D eigenvalue weighted by molar-refractivity contribution is -0.228. The molecule has 0 bridgehead atoms. The van der Waals surface area contributed by atoms with Crippen molar-refractivity contribution in [1.29, 1.82) is 0 Å². The zero-order chi connectivity index (χ0) is 27.4. The highest BCUT2D eigenvalue weighted by Crippen LogP contribution is 2.36. The van der Waals surface area contributed by atoms with Gasteiger partial charge in [0, 0.05) is 12.8 Å². The second kappa shape index (κ2) is 12.0. The fourth-order valence-electron chi connectivity index (χ4n) is 5.00. The Hall–Kier alpha value is -2.06. The molecule has 0 aliphatic rings. The van der Waals surface area contributed by atoms with Crippen LogP contribution >= 0.6 is 0 Å². The van der Waals surface area contributed by atoms with Crippen molar-refractivity contribution in [2.45, 2.75) is 97.2 Å². The van der Waals surface area contributed by atoms with E-state index in [1.807, 2.05) is 65.8 Å². The Morgan fingerprint density at radius 3 is 1.56 bits per heavy atom. The molecule has 6 nitrogen and oxygen atoms in total. The SMILES string of the molecule is C/C=C/CC(O)(Cc1cc(C)c(C)c(C)c1)[C@@H](O)[C@@](O)(Cc1cc(C)c(C)c(C)c1)[C@H](O)[C@@H](O)CO. The van der Waals surface area contributed by atoms with Crippen LogP contribution in [0.1, 0.15) is 57.9 Å². The molecule has 200 valence electrons. The Morgan fingerprint density at radius 1 is 0.750 bits per heavy atom. The summed E-state index contributed by atoms with van der Waals surface area (Å²) >= 11 is 0. The molecule has 6 heteroatoms. The lowest BCUT2D eigenvalue weighted by Crippen LogP contribution is -2.66. The summed E-state index contributed by atoms with van der Waals surface area (Å²) < 4.78 is 0. The smallest absolute Gasteiger partial charge is 0.126 e. The third kappa shape index (κ3) is 6.43. The summed E-state index contributed by atoms with van der Waals surface area (Å²) in [5.41, 5.74) is 3.46. The van der Waals surface area contributed by atoms with Gasteiger partial charge in [0.2, 0.25) is 0 Å². The highest BCUT2D eigenvalue weighted by atomic mass is 16.4.